The molecule has 0 saturated carbocycles. The van der Waals surface area contributed by atoms with Gasteiger partial charge in [0.05, 0.1) is 0 Å². The van der Waals surface area contributed by atoms with Crippen molar-refractivity contribution in [1.29, 1.82) is 0 Å². The minimum Gasteiger partial charge on any atom is -0.410 e. The molecular weight excluding hydrogens is 348 g/mol. The summed E-state index contributed by atoms with van der Waals surface area (Å²) in [4.78, 5) is 14.8. The zero-order valence-corrected chi connectivity index (χ0v) is 17.5. The number of nitrogens with one attached hydrogen (secondary N) is 1. The molecule has 0 radical (unpaired) electrons. The van der Waals surface area contributed by atoms with E-state index in [4.69, 9.17) is 4.74 Å². The van der Waals surface area contributed by atoms with Crippen molar-refractivity contribution in [2.45, 2.75) is 52.4 Å². The number of amides is 1. The van der Waals surface area contributed by atoms with Crippen molar-refractivity contribution in [2.75, 3.05) is 25.0 Å². The average molecular weight is 381 g/mol. The summed E-state index contributed by atoms with van der Waals surface area (Å²) in [6, 6.07) is 14.0. The van der Waals surface area contributed by atoms with E-state index in [1.165, 1.54) is 23.1 Å². The molecule has 28 heavy (non-hydrogen) atoms. The zero-order chi connectivity index (χ0) is 20.1. The lowest BCUT2D eigenvalue weighted by Gasteiger charge is -2.23. The Kier molecular flexibility index (Phi) is 6.74. The number of nitrogens with zero attached hydrogens (tertiary/aromatic N) is 1. The van der Waals surface area contributed by atoms with Crippen molar-refractivity contribution in [3.63, 3.8) is 0 Å². The summed E-state index contributed by atoms with van der Waals surface area (Å²) >= 11 is 0. The molecule has 4 heteroatoms. The highest BCUT2D eigenvalue weighted by Crippen LogP contribution is 2.36. The van der Waals surface area contributed by atoms with Crippen LogP contribution in [0.2, 0.25) is 0 Å². The van der Waals surface area contributed by atoms with Gasteiger partial charge in [-0.1, -0.05) is 45.9 Å². The maximum Gasteiger partial charge on any atom is 0.417 e. The second-order valence-electron chi connectivity index (χ2n) is 7.87. The van der Waals surface area contributed by atoms with Crippen LogP contribution in [-0.2, 0) is 6.42 Å². The molecule has 3 rings (SSSR count). The van der Waals surface area contributed by atoms with E-state index in [-0.39, 0.29) is 0 Å². The van der Waals surface area contributed by atoms with Crippen LogP contribution in [0.4, 0.5) is 10.5 Å². The van der Waals surface area contributed by atoms with E-state index in [1.54, 1.807) is 0 Å². The fourth-order valence-electron chi connectivity index (χ4n) is 3.91. The molecule has 1 atom stereocenters. The molecule has 1 aliphatic carbocycles. The van der Waals surface area contributed by atoms with Gasteiger partial charge < -0.3 is 9.64 Å². The number of benzene rings is 2. The topological polar surface area (TPSA) is 41.6 Å². The van der Waals surface area contributed by atoms with E-state index < -0.39 is 6.09 Å². The third-order valence-electron chi connectivity index (χ3n) is 5.73. The fourth-order valence-corrected chi connectivity index (χ4v) is 3.91. The van der Waals surface area contributed by atoms with Gasteiger partial charge in [0.25, 0.3) is 0 Å². The molecule has 0 heterocycles. The van der Waals surface area contributed by atoms with Gasteiger partial charge in [0.2, 0.25) is 0 Å². The Labute approximate surface area is 168 Å². The molecule has 0 bridgehead atoms. The largest absolute Gasteiger partial charge is 0.417 e. The van der Waals surface area contributed by atoms with Crippen LogP contribution >= 0.6 is 0 Å². The van der Waals surface area contributed by atoms with Gasteiger partial charge in [0, 0.05) is 12.2 Å². The first-order valence-corrected chi connectivity index (χ1v) is 10.4. The molecule has 0 aliphatic heterocycles. The minimum absolute atomic E-state index is 0.449. The Balaban J connectivity index is 1.64. The fraction of sp³-hybridized carbons (Fsp3) is 0.458. The summed E-state index contributed by atoms with van der Waals surface area (Å²) in [5.41, 5.74) is 4.71. The monoisotopic (exact) mass is 380 g/mol. The van der Waals surface area contributed by atoms with Crippen LogP contribution in [0.5, 0.6) is 5.75 Å². The molecule has 2 aromatic carbocycles. The molecule has 1 amide bonds. The summed E-state index contributed by atoms with van der Waals surface area (Å²) in [5.74, 6) is 1.60. The highest BCUT2D eigenvalue weighted by Gasteiger charge is 2.24. The quantitative estimate of drug-likeness (QED) is 0.661. The Bertz CT molecular complexity index is 795. The SMILES string of the molecule is CCN(CC)CC1CCc2ccc(OC(=O)Nc3ccc(C(C)C)cc3)cc21. The normalized spacial score (nSPS) is 15.7. The average Bonchev–Trinajstić information content (AvgIpc) is 3.08. The molecular formula is C24H32N2O2. The van der Waals surface area contributed by atoms with E-state index in [2.05, 4.69) is 50.0 Å². The van der Waals surface area contributed by atoms with Crippen molar-refractivity contribution >= 4 is 11.8 Å². The van der Waals surface area contributed by atoms with Crippen molar-refractivity contribution in [1.82, 2.24) is 4.90 Å². The van der Waals surface area contributed by atoms with Gasteiger partial charge in [-0.15, -0.1) is 0 Å². The minimum atomic E-state index is -0.449. The molecule has 2 aromatic rings. The third kappa shape index (κ3) is 4.93. The lowest BCUT2D eigenvalue weighted by atomic mass is 10.0. The molecule has 0 fully saturated rings. The van der Waals surface area contributed by atoms with Crippen LogP contribution in [-0.4, -0.2) is 30.6 Å². The van der Waals surface area contributed by atoms with Gasteiger partial charge in [0.1, 0.15) is 5.75 Å². The predicted octanol–water partition coefficient (Wildman–Crippen LogP) is 5.79. The molecule has 0 spiro atoms. The number of aryl methyl sites for hydroxylation is 1. The molecule has 0 aromatic heterocycles. The van der Waals surface area contributed by atoms with Gasteiger partial charge in [-0.05, 0) is 78.7 Å². The highest BCUT2D eigenvalue weighted by molar-refractivity contribution is 5.86. The van der Waals surface area contributed by atoms with Crippen LogP contribution in [0.3, 0.4) is 0 Å². The standard InChI is InChI=1S/C24H32N2O2/c1-5-26(6-2)16-20-8-7-19-11-14-22(15-23(19)20)28-24(27)25-21-12-9-18(10-13-21)17(3)4/h9-15,17,20H,5-8,16H2,1-4H3,(H,25,27). The summed E-state index contributed by atoms with van der Waals surface area (Å²) in [6.45, 7) is 11.9. The van der Waals surface area contributed by atoms with Gasteiger partial charge in [0.15, 0.2) is 0 Å². The highest BCUT2D eigenvalue weighted by atomic mass is 16.6. The van der Waals surface area contributed by atoms with E-state index in [0.29, 0.717) is 17.6 Å². The smallest absolute Gasteiger partial charge is 0.410 e. The van der Waals surface area contributed by atoms with Crippen molar-refractivity contribution in [2.24, 2.45) is 0 Å². The van der Waals surface area contributed by atoms with Crippen LogP contribution in [0.1, 0.15) is 62.6 Å². The third-order valence-corrected chi connectivity index (χ3v) is 5.73. The van der Waals surface area contributed by atoms with Gasteiger partial charge in [-0.3, -0.25) is 5.32 Å². The number of carbonyl (C=O) groups excluding carboxylic acids is 1. The first-order valence-electron chi connectivity index (χ1n) is 10.4. The Morgan fingerprint density at radius 1 is 1.14 bits per heavy atom. The maximum atomic E-state index is 12.3. The first kappa shape index (κ1) is 20.4. The summed E-state index contributed by atoms with van der Waals surface area (Å²) < 4.78 is 5.56. The number of likely N-dealkylation sites (N-methyl/N-ethyl adjacent to an activating group) is 1. The van der Waals surface area contributed by atoms with E-state index in [1.807, 2.05) is 30.3 Å². The molecule has 0 saturated heterocycles. The molecule has 1 N–H and O–H groups in total. The summed E-state index contributed by atoms with van der Waals surface area (Å²) in [6.07, 6.45) is 1.83. The van der Waals surface area contributed by atoms with Crippen molar-refractivity contribution in [3.8, 4) is 5.75 Å². The molecule has 1 aliphatic rings. The van der Waals surface area contributed by atoms with Gasteiger partial charge in [-0.25, -0.2) is 4.79 Å². The predicted molar refractivity (Wildman–Crippen MR) is 115 cm³/mol. The summed E-state index contributed by atoms with van der Waals surface area (Å²) in [7, 11) is 0. The first-order chi connectivity index (χ1) is 13.5. The molecule has 4 nitrogen and oxygen atoms in total. The van der Waals surface area contributed by atoms with Crippen molar-refractivity contribution < 1.29 is 9.53 Å². The second kappa shape index (κ2) is 9.24. The number of anilines is 1. The van der Waals surface area contributed by atoms with Crippen LogP contribution in [0.25, 0.3) is 0 Å². The number of rotatable bonds is 7. The van der Waals surface area contributed by atoms with Crippen LogP contribution in [0, 0.1) is 0 Å². The van der Waals surface area contributed by atoms with Crippen molar-refractivity contribution in [3.05, 3.63) is 59.2 Å². The lowest BCUT2D eigenvalue weighted by molar-refractivity contribution is 0.215. The summed E-state index contributed by atoms with van der Waals surface area (Å²) in [5, 5.41) is 2.82. The van der Waals surface area contributed by atoms with E-state index in [0.717, 1.165) is 31.7 Å². The Morgan fingerprint density at radius 3 is 2.50 bits per heavy atom. The maximum absolute atomic E-state index is 12.3. The molecule has 1 unspecified atom stereocenters. The number of fused-ring (bicyclic) bond motifs is 1. The number of hydrogen-bond donors (Lipinski definition) is 1. The van der Waals surface area contributed by atoms with Crippen LogP contribution in [0.15, 0.2) is 42.5 Å². The zero-order valence-electron chi connectivity index (χ0n) is 17.5. The van der Waals surface area contributed by atoms with Gasteiger partial charge in [-0.2, -0.15) is 0 Å². The Morgan fingerprint density at radius 2 is 1.86 bits per heavy atom. The second-order valence-corrected chi connectivity index (χ2v) is 7.87. The number of carbonyl (C=O) groups is 1. The van der Waals surface area contributed by atoms with E-state index in [9.17, 15) is 4.79 Å². The number of hydrogen-bond acceptors (Lipinski definition) is 3. The lowest BCUT2D eigenvalue weighted by Crippen LogP contribution is -2.27. The van der Waals surface area contributed by atoms with E-state index >= 15 is 0 Å². The Hall–Kier alpha value is -2.33. The van der Waals surface area contributed by atoms with Gasteiger partial charge >= 0.3 is 6.09 Å². The number of ether oxygens (including phenoxy) is 1. The molecule has 150 valence electrons. The van der Waals surface area contributed by atoms with Crippen LogP contribution < -0.4 is 10.1 Å².